The van der Waals surface area contributed by atoms with E-state index in [2.05, 4.69) is 10.3 Å². The molecule has 24 heavy (non-hydrogen) atoms. The average Bonchev–Trinajstić information content (AvgIpc) is 2.61. The molecule has 0 saturated carbocycles. The molecule has 0 aliphatic heterocycles. The molecule has 3 rings (SSSR count). The molecule has 0 saturated heterocycles. The number of primary amides is 1. The molecule has 1 atom stereocenters. The van der Waals surface area contributed by atoms with Crippen molar-refractivity contribution >= 4 is 22.7 Å². The van der Waals surface area contributed by atoms with Gasteiger partial charge in [-0.3, -0.25) is 14.6 Å². The van der Waals surface area contributed by atoms with E-state index in [4.69, 9.17) is 5.73 Å². The number of amides is 2. The monoisotopic (exact) mass is 319 g/mol. The third-order valence-electron chi connectivity index (χ3n) is 3.81. The molecule has 2 amide bonds. The zero-order valence-electron chi connectivity index (χ0n) is 13.0. The Morgan fingerprint density at radius 2 is 1.75 bits per heavy atom. The Hall–Kier alpha value is -3.21. The second-order valence-electron chi connectivity index (χ2n) is 5.50. The predicted molar refractivity (Wildman–Crippen MR) is 92.3 cm³/mol. The van der Waals surface area contributed by atoms with Crippen LogP contribution in [0.4, 0.5) is 0 Å². The Balaban J connectivity index is 1.84. The number of nitrogens with two attached hydrogens (primary N) is 1. The lowest BCUT2D eigenvalue weighted by atomic mass is 10.0. The highest BCUT2D eigenvalue weighted by atomic mass is 16.2. The Morgan fingerprint density at radius 1 is 1.00 bits per heavy atom. The molecule has 0 fully saturated rings. The van der Waals surface area contributed by atoms with Crippen molar-refractivity contribution in [1.29, 1.82) is 0 Å². The summed E-state index contributed by atoms with van der Waals surface area (Å²) < 4.78 is 0. The minimum absolute atomic E-state index is 0.347. The van der Waals surface area contributed by atoms with Crippen LogP contribution in [0.5, 0.6) is 0 Å². The maximum atomic E-state index is 12.6. The number of nitrogens with zero attached hydrogens (tertiary/aromatic N) is 1. The van der Waals surface area contributed by atoms with Gasteiger partial charge in [0.05, 0.1) is 11.1 Å². The number of para-hydroxylation sites is 1. The quantitative estimate of drug-likeness (QED) is 0.755. The fourth-order valence-corrected chi connectivity index (χ4v) is 2.60. The molecule has 120 valence electrons. The predicted octanol–water partition coefficient (Wildman–Crippen LogP) is 2.06. The summed E-state index contributed by atoms with van der Waals surface area (Å²) in [5.74, 6) is -0.931. The molecule has 1 heterocycles. The Kier molecular flexibility index (Phi) is 4.52. The zero-order chi connectivity index (χ0) is 16.9. The molecule has 0 radical (unpaired) electrons. The van der Waals surface area contributed by atoms with Crippen LogP contribution < -0.4 is 11.1 Å². The highest BCUT2D eigenvalue weighted by Gasteiger charge is 2.20. The fraction of sp³-hybridized carbons (Fsp3) is 0.105. The molecule has 2 aromatic carbocycles. The van der Waals surface area contributed by atoms with Crippen molar-refractivity contribution in [1.82, 2.24) is 10.3 Å². The lowest BCUT2D eigenvalue weighted by Crippen LogP contribution is -2.45. The smallest absolute Gasteiger partial charge is 0.254 e. The summed E-state index contributed by atoms with van der Waals surface area (Å²) in [4.78, 5) is 28.6. The Labute approximate surface area is 139 Å². The van der Waals surface area contributed by atoms with Crippen LogP contribution in [0, 0.1) is 0 Å². The first-order valence-electron chi connectivity index (χ1n) is 7.63. The first kappa shape index (κ1) is 15.7. The van der Waals surface area contributed by atoms with Crippen LogP contribution in [0.15, 0.2) is 66.9 Å². The number of fused-ring (bicyclic) bond motifs is 1. The van der Waals surface area contributed by atoms with Gasteiger partial charge in [0.1, 0.15) is 6.04 Å². The van der Waals surface area contributed by atoms with E-state index in [-0.39, 0.29) is 5.91 Å². The highest BCUT2D eigenvalue weighted by Crippen LogP contribution is 2.16. The largest absolute Gasteiger partial charge is 0.368 e. The van der Waals surface area contributed by atoms with Crippen molar-refractivity contribution < 1.29 is 9.59 Å². The summed E-state index contributed by atoms with van der Waals surface area (Å²) in [6.45, 7) is 0. The van der Waals surface area contributed by atoms with Crippen molar-refractivity contribution in [2.24, 2.45) is 5.73 Å². The van der Waals surface area contributed by atoms with Gasteiger partial charge in [0.15, 0.2) is 0 Å². The van der Waals surface area contributed by atoms with Crippen molar-refractivity contribution in [2.75, 3.05) is 0 Å². The number of benzene rings is 2. The van der Waals surface area contributed by atoms with Crippen molar-refractivity contribution in [3.8, 4) is 0 Å². The fourth-order valence-electron chi connectivity index (χ4n) is 2.60. The molecule has 3 aromatic rings. The van der Waals surface area contributed by atoms with E-state index in [1.807, 2.05) is 48.5 Å². The van der Waals surface area contributed by atoms with Crippen molar-refractivity contribution in [2.45, 2.75) is 12.5 Å². The molecule has 1 aromatic heterocycles. The van der Waals surface area contributed by atoms with Gasteiger partial charge >= 0.3 is 0 Å². The maximum absolute atomic E-state index is 12.6. The van der Waals surface area contributed by atoms with Gasteiger partial charge in [0.2, 0.25) is 5.91 Å². The van der Waals surface area contributed by atoms with Crippen LogP contribution in [0.1, 0.15) is 15.9 Å². The molecule has 5 heteroatoms. The van der Waals surface area contributed by atoms with Gasteiger partial charge in [0.25, 0.3) is 5.91 Å². The molecule has 3 N–H and O–H groups in total. The van der Waals surface area contributed by atoms with E-state index in [9.17, 15) is 9.59 Å². The summed E-state index contributed by atoms with van der Waals surface area (Å²) >= 11 is 0. The van der Waals surface area contributed by atoms with Crippen LogP contribution in [0.2, 0.25) is 0 Å². The Bertz CT molecular complexity index is 873. The Morgan fingerprint density at radius 3 is 2.50 bits per heavy atom. The van der Waals surface area contributed by atoms with Crippen LogP contribution in [0.3, 0.4) is 0 Å². The summed E-state index contributed by atoms with van der Waals surface area (Å²) in [7, 11) is 0. The standard InChI is InChI=1S/C19H17N3O2/c20-18(23)16(12-13-6-2-1-3-7-13)22-19(24)15-10-4-8-14-9-5-11-21-17(14)15/h1-11,16H,12H2,(H2,20,23)(H,22,24)/t16-/m1/s1. The number of rotatable bonds is 5. The first-order chi connectivity index (χ1) is 11.6. The second-order valence-corrected chi connectivity index (χ2v) is 5.50. The molecule has 5 nitrogen and oxygen atoms in total. The SMILES string of the molecule is NC(=O)[C@@H](Cc1ccccc1)NC(=O)c1cccc2cccnc12. The number of hydrogen-bond acceptors (Lipinski definition) is 3. The van der Waals surface area contributed by atoms with E-state index in [1.165, 1.54) is 0 Å². The van der Waals surface area contributed by atoms with Gasteiger partial charge in [-0.1, -0.05) is 48.5 Å². The van der Waals surface area contributed by atoms with E-state index >= 15 is 0 Å². The van der Waals surface area contributed by atoms with Crippen LogP contribution in [-0.4, -0.2) is 22.8 Å². The van der Waals surface area contributed by atoms with Crippen molar-refractivity contribution in [3.63, 3.8) is 0 Å². The molecule has 0 unspecified atom stereocenters. The minimum atomic E-state index is -0.779. The molecule has 0 spiro atoms. The number of nitrogens with one attached hydrogen (secondary N) is 1. The second kappa shape index (κ2) is 6.91. The summed E-state index contributed by atoms with van der Waals surface area (Å²) in [5, 5.41) is 3.58. The van der Waals surface area contributed by atoms with E-state index in [0.717, 1.165) is 10.9 Å². The molecular formula is C19H17N3O2. The maximum Gasteiger partial charge on any atom is 0.254 e. The number of carbonyl (C=O) groups excluding carboxylic acids is 2. The summed E-state index contributed by atoms with van der Waals surface area (Å²) in [6, 6.07) is 17.7. The van der Waals surface area contributed by atoms with Gasteiger partial charge in [-0.15, -0.1) is 0 Å². The summed E-state index contributed by atoms with van der Waals surface area (Å²) in [5.41, 5.74) is 7.40. The molecule has 0 aliphatic carbocycles. The normalized spacial score (nSPS) is 11.8. The van der Waals surface area contributed by atoms with Crippen LogP contribution >= 0.6 is 0 Å². The van der Waals surface area contributed by atoms with Gasteiger partial charge < -0.3 is 11.1 Å². The van der Waals surface area contributed by atoms with Crippen LogP contribution in [0.25, 0.3) is 10.9 Å². The van der Waals surface area contributed by atoms with E-state index in [0.29, 0.717) is 17.5 Å². The lowest BCUT2D eigenvalue weighted by molar-refractivity contribution is -0.119. The number of hydrogen-bond donors (Lipinski definition) is 2. The average molecular weight is 319 g/mol. The topological polar surface area (TPSA) is 85.1 Å². The molecule has 0 bridgehead atoms. The van der Waals surface area contributed by atoms with E-state index in [1.54, 1.807) is 18.3 Å². The number of aromatic nitrogens is 1. The lowest BCUT2D eigenvalue weighted by Gasteiger charge is -2.16. The van der Waals surface area contributed by atoms with Gasteiger partial charge in [-0.25, -0.2) is 0 Å². The third kappa shape index (κ3) is 3.41. The van der Waals surface area contributed by atoms with Crippen LogP contribution in [-0.2, 0) is 11.2 Å². The highest BCUT2D eigenvalue weighted by molar-refractivity contribution is 6.06. The van der Waals surface area contributed by atoms with Gasteiger partial charge in [-0.2, -0.15) is 0 Å². The molecule has 0 aliphatic rings. The third-order valence-corrected chi connectivity index (χ3v) is 3.81. The zero-order valence-corrected chi connectivity index (χ0v) is 13.0. The van der Waals surface area contributed by atoms with Gasteiger partial charge in [0, 0.05) is 18.0 Å². The number of pyridine rings is 1. The van der Waals surface area contributed by atoms with Crippen molar-refractivity contribution in [3.05, 3.63) is 78.0 Å². The molecular weight excluding hydrogens is 302 g/mol. The van der Waals surface area contributed by atoms with Gasteiger partial charge in [-0.05, 0) is 17.7 Å². The first-order valence-corrected chi connectivity index (χ1v) is 7.63. The number of carbonyl (C=O) groups is 2. The van der Waals surface area contributed by atoms with E-state index < -0.39 is 11.9 Å². The minimum Gasteiger partial charge on any atom is -0.368 e. The summed E-state index contributed by atoms with van der Waals surface area (Å²) in [6.07, 6.45) is 1.98.